The van der Waals surface area contributed by atoms with Crippen LogP contribution in [0.1, 0.15) is 32.1 Å². The molecule has 2 aliphatic rings. The molecule has 0 aromatic heterocycles. The molecule has 2 rings (SSSR count). The van der Waals surface area contributed by atoms with Gasteiger partial charge in [0.1, 0.15) is 0 Å². The SMILES string of the molecule is CN1CCC(C(=O)N2CCC(CCC(=O)O)CC2)S1(=O)=O. The summed E-state index contributed by atoms with van der Waals surface area (Å²) in [6.07, 6.45) is 2.64. The van der Waals surface area contributed by atoms with Crippen molar-refractivity contribution in [1.29, 1.82) is 0 Å². The third kappa shape index (κ3) is 3.55. The van der Waals surface area contributed by atoms with E-state index in [9.17, 15) is 18.0 Å². The highest BCUT2D eigenvalue weighted by Gasteiger charge is 2.43. The molecule has 1 atom stereocenters. The number of carbonyl (C=O) groups excluding carboxylic acids is 1. The van der Waals surface area contributed by atoms with Crippen molar-refractivity contribution in [3.63, 3.8) is 0 Å². The van der Waals surface area contributed by atoms with Crippen LogP contribution in [0.25, 0.3) is 0 Å². The first-order valence-corrected chi connectivity index (χ1v) is 8.78. The fraction of sp³-hybridized carbons (Fsp3) is 0.846. The second kappa shape index (κ2) is 6.31. The summed E-state index contributed by atoms with van der Waals surface area (Å²) in [6.45, 7) is 1.45. The molecule has 8 heteroatoms. The molecule has 2 heterocycles. The topological polar surface area (TPSA) is 95.0 Å². The second-order valence-corrected chi connectivity index (χ2v) is 8.07. The number of nitrogens with zero attached hydrogens (tertiary/aromatic N) is 2. The zero-order chi connectivity index (χ0) is 15.6. The Bertz CT molecular complexity index is 511. The highest BCUT2D eigenvalue weighted by Crippen LogP contribution is 2.26. The molecule has 0 aromatic carbocycles. The number of sulfonamides is 1. The average molecular weight is 318 g/mol. The predicted molar refractivity (Wildman–Crippen MR) is 76.1 cm³/mol. The van der Waals surface area contributed by atoms with Crippen molar-refractivity contribution < 1.29 is 23.1 Å². The average Bonchev–Trinajstić information content (AvgIpc) is 2.71. The van der Waals surface area contributed by atoms with Crippen molar-refractivity contribution in [2.45, 2.75) is 37.4 Å². The highest BCUT2D eigenvalue weighted by molar-refractivity contribution is 7.90. The van der Waals surface area contributed by atoms with Crippen molar-refractivity contribution in [1.82, 2.24) is 9.21 Å². The Hall–Kier alpha value is -1.15. The molecule has 0 saturated carbocycles. The summed E-state index contributed by atoms with van der Waals surface area (Å²) in [7, 11) is -1.98. The number of piperidine rings is 1. The summed E-state index contributed by atoms with van der Waals surface area (Å²) in [6, 6.07) is 0. The molecule has 120 valence electrons. The number of rotatable bonds is 4. The molecule has 1 unspecified atom stereocenters. The maximum atomic E-state index is 12.4. The van der Waals surface area contributed by atoms with Crippen molar-refractivity contribution in [2.24, 2.45) is 5.92 Å². The van der Waals surface area contributed by atoms with Gasteiger partial charge in [-0.1, -0.05) is 0 Å². The quantitative estimate of drug-likeness (QED) is 0.794. The van der Waals surface area contributed by atoms with E-state index in [2.05, 4.69) is 0 Å². The monoisotopic (exact) mass is 318 g/mol. The van der Waals surface area contributed by atoms with Gasteiger partial charge in [-0.25, -0.2) is 12.7 Å². The van der Waals surface area contributed by atoms with Gasteiger partial charge in [0.15, 0.2) is 5.25 Å². The van der Waals surface area contributed by atoms with Crippen LogP contribution in [-0.4, -0.2) is 66.5 Å². The zero-order valence-electron chi connectivity index (χ0n) is 12.2. The fourth-order valence-electron chi connectivity index (χ4n) is 3.02. The maximum absolute atomic E-state index is 12.4. The van der Waals surface area contributed by atoms with Crippen molar-refractivity contribution in [3.8, 4) is 0 Å². The Labute approximate surface area is 125 Å². The summed E-state index contributed by atoms with van der Waals surface area (Å²) >= 11 is 0. The van der Waals surface area contributed by atoms with Gasteiger partial charge in [0, 0.05) is 33.1 Å². The lowest BCUT2D eigenvalue weighted by molar-refractivity contribution is -0.138. The molecule has 2 saturated heterocycles. The number of amides is 1. The van der Waals surface area contributed by atoms with Gasteiger partial charge in [0.05, 0.1) is 0 Å². The number of carboxylic acids is 1. The van der Waals surface area contributed by atoms with Gasteiger partial charge in [-0.05, 0) is 31.6 Å². The molecule has 0 aromatic rings. The van der Waals surface area contributed by atoms with Crippen molar-refractivity contribution in [3.05, 3.63) is 0 Å². The smallest absolute Gasteiger partial charge is 0.303 e. The summed E-state index contributed by atoms with van der Waals surface area (Å²) in [4.78, 5) is 24.5. The molecule has 1 N–H and O–H groups in total. The summed E-state index contributed by atoms with van der Waals surface area (Å²) in [5.41, 5.74) is 0. The molecule has 7 nitrogen and oxygen atoms in total. The van der Waals surface area contributed by atoms with E-state index >= 15 is 0 Å². The fourth-order valence-corrected chi connectivity index (χ4v) is 4.62. The molecule has 2 fully saturated rings. The van der Waals surface area contributed by atoms with Crippen LogP contribution >= 0.6 is 0 Å². The van der Waals surface area contributed by atoms with E-state index in [1.54, 1.807) is 4.90 Å². The Morgan fingerprint density at radius 2 is 1.76 bits per heavy atom. The number of hydrogen-bond acceptors (Lipinski definition) is 4. The molecule has 2 aliphatic heterocycles. The molecule has 0 spiro atoms. The van der Waals surface area contributed by atoms with E-state index in [0.717, 1.165) is 12.8 Å². The van der Waals surface area contributed by atoms with Gasteiger partial charge in [-0.15, -0.1) is 0 Å². The van der Waals surface area contributed by atoms with Crippen LogP contribution in [0.3, 0.4) is 0 Å². The first-order chi connectivity index (χ1) is 9.82. The minimum absolute atomic E-state index is 0.153. The first-order valence-electron chi connectivity index (χ1n) is 7.28. The van der Waals surface area contributed by atoms with Gasteiger partial charge in [0.25, 0.3) is 0 Å². The van der Waals surface area contributed by atoms with E-state index in [-0.39, 0.29) is 12.3 Å². The highest BCUT2D eigenvalue weighted by atomic mass is 32.2. The normalized spacial score (nSPS) is 26.9. The number of carboxylic acid groups (broad SMARTS) is 1. The third-order valence-electron chi connectivity index (χ3n) is 4.47. The molecular formula is C13H22N2O5S. The molecule has 0 bridgehead atoms. The van der Waals surface area contributed by atoms with E-state index in [1.165, 1.54) is 11.4 Å². The Balaban J connectivity index is 1.88. The van der Waals surface area contributed by atoms with Crippen molar-refractivity contribution in [2.75, 3.05) is 26.7 Å². The standard InChI is InChI=1S/C13H22N2O5S/c1-14-7-6-11(21(14,19)20)13(18)15-8-4-10(5-9-15)2-3-12(16)17/h10-11H,2-9H2,1H3,(H,16,17). The minimum Gasteiger partial charge on any atom is -0.481 e. The number of likely N-dealkylation sites (tertiary alicyclic amines) is 1. The molecule has 0 aliphatic carbocycles. The number of aliphatic carboxylic acids is 1. The maximum Gasteiger partial charge on any atom is 0.303 e. The van der Waals surface area contributed by atoms with E-state index in [0.29, 0.717) is 38.4 Å². The number of hydrogen-bond donors (Lipinski definition) is 1. The van der Waals surface area contributed by atoms with E-state index in [4.69, 9.17) is 5.11 Å². The molecule has 0 radical (unpaired) electrons. The van der Waals surface area contributed by atoms with Gasteiger partial charge in [0.2, 0.25) is 15.9 Å². The Morgan fingerprint density at radius 3 is 2.24 bits per heavy atom. The van der Waals surface area contributed by atoms with Gasteiger partial charge >= 0.3 is 5.97 Å². The Kier molecular flexibility index (Phi) is 4.88. The largest absolute Gasteiger partial charge is 0.481 e. The number of carbonyl (C=O) groups is 2. The predicted octanol–water partition coefficient (Wildman–Crippen LogP) is 0.124. The molecule has 1 amide bonds. The molecule has 21 heavy (non-hydrogen) atoms. The summed E-state index contributed by atoms with van der Waals surface area (Å²) < 4.78 is 25.3. The first kappa shape index (κ1) is 16.2. The lowest BCUT2D eigenvalue weighted by atomic mass is 9.92. The van der Waals surface area contributed by atoms with Crippen LogP contribution in [0.15, 0.2) is 0 Å². The van der Waals surface area contributed by atoms with Gasteiger partial charge in [-0.2, -0.15) is 0 Å². The van der Waals surface area contributed by atoms with Crippen LogP contribution in [0, 0.1) is 5.92 Å². The summed E-state index contributed by atoms with van der Waals surface area (Å²) in [5, 5.41) is 7.74. The Morgan fingerprint density at radius 1 is 1.14 bits per heavy atom. The lowest BCUT2D eigenvalue weighted by Crippen LogP contribution is -2.46. The van der Waals surface area contributed by atoms with Gasteiger partial charge < -0.3 is 10.0 Å². The van der Waals surface area contributed by atoms with Crippen LogP contribution in [0.2, 0.25) is 0 Å². The van der Waals surface area contributed by atoms with Crippen LogP contribution in [0.4, 0.5) is 0 Å². The van der Waals surface area contributed by atoms with E-state index in [1.807, 2.05) is 0 Å². The minimum atomic E-state index is -3.48. The molecular weight excluding hydrogens is 296 g/mol. The second-order valence-electron chi connectivity index (χ2n) is 5.84. The van der Waals surface area contributed by atoms with Crippen LogP contribution in [0.5, 0.6) is 0 Å². The van der Waals surface area contributed by atoms with Crippen LogP contribution in [-0.2, 0) is 19.6 Å². The summed E-state index contributed by atoms with van der Waals surface area (Å²) in [5.74, 6) is -0.780. The van der Waals surface area contributed by atoms with E-state index < -0.39 is 21.2 Å². The van der Waals surface area contributed by atoms with Gasteiger partial charge in [-0.3, -0.25) is 9.59 Å². The zero-order valence-corrected chi connectivity index (χ0v) is 13.0. The van der Waals surface area contributed by atoms with Crippen molar-refractivity contribution >= 4 is 21.9 Å². The van der Waals surface area contributed by atoms with Crippen LogP contribution < -0.4 is 0 Å². The lowest BCUT2D eigenvalue weighted by Gasteiger charge is -2.33. The third-order valence-corrected chi connectivity index (χ3v) is 6.68.